The van der Waals surface area contributed by atoms with Crippen LogP contribution in [0.1, 0.15) is 19.8 Å². The van der Waals surface area contributed by atoms with E-state index in [1.807, 2.05) is 0 Å². The number of hydrogen-bond acceptors (Lipinski definition) is 5. The molecule has 0 aliphatic carbocycles. The highest BCUT2D eigenvalue weighted by atomic mass is 32.2. The van der Waals surface area contributed by atoms with Crippen molar-refractivity contribution in [2.24, 2.45) is 5.73 Å². The standard InChI is InChI=1S/C12H27N3O2S/c1-2-18(16,17)12-4-8-14-6-3-7-15(9-5-13)11-10-14/h2-13H2,1H3. The molecule has 1 fully saturated rings. The molecule has 0 aromatic heterocycles. The highest BCUT2D eigenvalue weighted by molar-refractivity contribution is 7.91. The summed E-state index contributed by atoms with van der Waals surface area (Å²) in [6.45, 7) is 8.58. The fraction of sp³-hybridized carbons (Fsp3) is 1.00. The van der Waals surface area contributed by atoms with Crippen molar-refractivity contribution in [2.45, 2.75) is 19.8 Å². The van der Waals surface area contributed by atoms with Crippen LogP contribution in [0.2, 0.25) is 0 Å². The van der Waals surface area contributed by atoms with Crippen LogP contribution in [0.3, 0.4) is 0 Å². The lowest BCUT2D eigenvalue weighted by Crippen LogP contribution is -2.34. The Hall–Kier alpha value is -0.170. The molecule has 2 N–H and O–H groups in total. The van der Waals surface area contributed by atoms with E-state index in [0.29, 0.717) is 5.75 Å². The fourth-order valence-corrected chi connectivity index (χ4v) is 3.16. The number of rotatable bonds is 7. The van der Waals surface area contributed by atoms with Crippen molar-refractivity contribution >= 4 is 9.84 Å². The molecule has 0 aromatic rings. The smallest absolute Gasteiger partial charge is 0.150 e. The van der Waals surface area contributed by atoms with E-state index in [9.17, 15) is 8.42 Å². The Morgan fingerprint density at radius 2 is 1.67 bits per heavy atom. The van der Waals surface area contributed by atoms with E-state index in [1.165, 1.54) is 0 Å². The third-order valence-corrected chi connectivity index (χ3v) is 5.29. The highest BCUT2D eigenvalue weighted by Gasteiger charge is 2.15. The molecule has 0 unspecified atom stereocenters. The second-order valence-electron chi connectivity index (χ2n) is 4.92. The van der Waals surface area contributed by atoms with Crippen LogP contribution < -0.4 is 5.73 Å². The quantitative estimate of drug-likeness (QED) is 0.697. The maximum Gasteiger partial charge on any atom is 0.150 e. The lowest BCUT2D eigenvalue weighted by molar-refractivity contribution is 0.260. The van der Waals surface area contributed by atoms with Crippen LogP contribution in [0.4, 0.5) is 0 Å². The van der Waals surface area contributed by atoms with Crippen molar-refractivity contribution in [1.29, 1.82) is 0 Å². The highest BCUT2D eigenvalue weighted by Crippen LogP contribution is 2.04. The summed E-state index contributed by atoms with van der Waals surface area (Å²) in [7, 11) is -2.80. The minimum Gasteiger partial charge on any atom is -0.329 e. The molecule has 0 radical (unpaired) electrons. The van der Waals surface area contributed by atoms with Gasteiger partial charge in [0, 0.05) is 31.9 Å². The topological polar surface area (TPSA) is 66.6 Å². The van der Waals surface area contributed by atoms with E-state index in [1.54, 1.807) is 6.92 Å². The Morgan fingerprint density at radius 3 is 2.22 bits per heavy atom. The molecule has 0 aromatic carbocycles. The Bertz CT molecular complexity index is 319. The van der Waals surface area contributed by atoms with Crippen LogP contribution in [0, 0.1) is 0 Å². The first-order chi connectivity index (χ1) is 8.57. The summed E-state index contributed by atoms with van der Waals surface area (Å²) in [5.41, 5.74) is 5.57. The molecule has 1 saturated heterocycles. The zero-order valence-corrected chi connectivity index (χ0v) is 12.3. The Morgan fingerprint density at radius 1 is 1.06 bits per heavy atom. The number of nitrogens with zero attached hydrogens (tertiary/aromatic N) is 2. The first-order valence-corrected chi connectivity index (χ1v) is 8.74. The Kier molecular flexibility index (Phi) is 7.14. The van der Waals surface area contributed by atoms with Crippen LogP contribution in [-0.4, -0.2) is 75.5 Å². The van der Waals surface area contributed by atoms with Crippen molar-refractivity contribution < 1.29 is 8.42 Å². The SMILES string of the molecule is CCS(=O)(=O)CCCN1CCCN(CCN)CC1. The third-order valence-electron chi connectivity index (χ3n) is 3.50. The van der Waals surface area contributed by atoms with Gasteiger partial charge in [-0.15, -0.1) is 0 Å². The van der Waals surface area contributed by atoms with E-state index in [-0.39, 0.29) is 5.75 Å². The molecule has 6 heteroatoms. The number of sulfone groups is 1. The fourth-order valence-electron chi connectivity index (χ4n) is 2.31. The molecule has 0 bridgehead atoms. The average molecular weight is 277 g/mol. The predicted octanol–water partition coefficient (Wildman–Crippen LogP) is -0.222. The van der Waals surface area contributed by atoms with Gasteiger partial charge in [-0.25, -0.2) is 8.42 Å². The van der Waals surface area contributed by atoms with Crippen LogP contribution >= 0.6 is 0 Å². The third kappa shape index (κ3) is 6.13. The molecule has 0 saturated carbocycles. The van der Waals surface area contributed by atoms with Gasteiger partial charge >= 0.3 is 0 Å². The summed E-state index contributed by atoms with van der Waals surface area (Å²) in [5.74, 6) is 0.587. The summed E-state index contributed by atoms with van der Waals surface area (Å²) in [6, 6.07) is 0. The summed E-state index contributed by atoms with van der Waals surface area (Å²) in [6.07, 6.45) is 1.91. The van der Waals surface area contributed by atoms with Gasteiger partial charge in [-0.05, 0) is 32.5 Å². The molecular formula is C12H27N3O2S. The van der Waals surface area contributed by atoms with Gasteiger partial charge in [0.2, 0.25) is 0 Å². The van der Waals surface area contributed by atoms with E-state index in [2.05, 4.69) is 9.80 Å². The lowest BCUT2D eigenvalue weighted by atomic mass is 10.3. The van der Waals surface area contributed by atoms with Crippen molar-refractivity contribution in [2.75, 3.05) is 57.3 Å². The van der Waals surface area contributed by atoms with Crippen LogP contribution in [0.25, 0.3) is 0 Å². The van der Waals surface area contributed by atoms with Gasteiger partial charge in [0.1, 0.15) is 9.84 Å². The van der Waals surface area contributed by atoms with Gasteiger partial charge in [0.25, 0.3) is 0 Å². The van der Waals surface area contributed by atoms with Gasteiger partial charge < -0.3 is 15.5 Å². The maximum absolute atomic E-state index is 11.4. The summed E-state index contributed by atoms with van der Waals surface area (Å²) in [5, 5.41) is 0. The predicted molar refractivity (Wildman–Crippen MR) is 75.5 cm³/mol. The second kappa shape index (κ2) is 8.09. The van der Waals surface area contributed by atoms with E-state index in [0.717, 1.165) is 58.7 Å². The Labute approximate surface area is 111 Å². The second-order valence-corrected chi connectivity index (χ2v) is 7.39. The molecule has 108 valence electrons. The lowest BCUT2D eigenvalue weighted by Gasteiger charge is -2.21. The molecule has 18 heavy (non-hydrogen) atoms. The van der Waals surface area contributed by atoms with Gasteiger partial charge in [-0.1, -0.05) is 6.92 Å². The van der Waals surface area contributed by atoms with Crippen LogP contribution in [0.15, 0.2) is 0 Å². The summed E-state index contributed by atoms with van der Waals surface area (Å²) in [4.78, 5) is 4.77. The van der Waals surface area contributed by atoms with Crippen molar-refractivity contribution in [3.63, 3.8) is 0 Å². The van der Waals surface area contributed by atoms with Crippen molar-refractivity contribution in [1.82, 2.24) is 9.80 Å². The largest absolute Gasteiger partial charge is 0.329 e. The van der Waals surface area contributed by atoms with Gasteiger partial charge in [-0.2, -0.15) is 0 Å². The number of hydrogen-bond donors (Lipinski definition) is 1. The van der Waals surface area contributed by atoms with Crippen LogP contribution in [0.5, 0.6) is 0 Å². The summed E-state index contributed by atoms with van der Waals surface area (Å²) >= 11 is 0. The zero-order valence-electron chi connectivity index (χ0n) is 11.5. The first-order valence-electron chi connectivity index (χ1n) is 6.92. The molecule has 0 atom stereocenters. The van der Waals surface area contributed by atoms with Gasteiger partial charge in [0.05, 0.1) is 5.75 Å². The monoisotopic (exact) mass is 277 g/mol. The minimum absolute atomic E-state index is 0.261. The van der Waals surface area contributed by atoms with Gasteiger partial charge in [-0.3, -0.25) is 0 Å². The molecule has 1 aliphatic rings. The molecule has 1 aliphatic heterocycles. The normalized spacial score (nSPS) is 19.9. The van der Waals surface area contributed by atoms with Crippen molar-refractivity contribution in [3.8, 4) is 0 Å². The molecule has 1 heterocycles. The number of nitrogens with two attached hydrogens (primary N) is 1. The zero-order chi connectivity index (χ0) is 13.4. The molecule has 0 spiro atoms. The average Bonchev–Trinajstić information content (AvgIpc) is 2.56. The Balaban J connectivity index is 2.23. The maximum atomic E-state index is 11.4. The van der Waals surface area contributed by atoms with E-state index >= 15 is 0 Å². The first kappa shape index (κ1) is 15.9. The van der Waals surface area contributed by atoms with E-state index in [4.69, 9.17) is 5.73 Å². The van der Waals surface area contributed by atoms with Gasteiger partial charge in [0.15, 0.2) is 0 Å². The van der Waals surface area contributed by atoms with Crippen LogP contribution in [-0.2, 0) is 9.84 Å². The minimum atomic E-state index is -2.80. The van der Waals surface area contributed by atoms with E-state index < -0.39 is 9.84 Å². The molecule has 5 nitrogen and oxygen atoms in total. The summed E-state index contributed by atoms with van der Waals surface area (Å²) < 4.78 is 22.8. The molecule has 1 rings (SSSR count). The van der Waals surface area contributed by atoms with Crippen molar-refractivity contribution in [3.05, 3.63) is 0 Å². The molecule has 0 amide bonds. The molecular weight excluding hydrogens is 250 g/mol.